The largest absolute Gasteiger partial charge is 0.490 e. The zero-order valence-corrected chi connectivity index (χ0v) is 5.85. The van der Waals surface area contributed by atoms with Crippen LogP contribution in [-0.4, -0.2) is 6.61 Å². The van der Waals surface area contributed by atoms with E-state index in [4.69, 9.17) is 4.74 Å². The van der Waals surface area contributed by atoms with Crippen LogP contribution in [0.1, 0.15) is 6.92 Å². The number of hydrogen-bond acceptors (Lipinski definition) is 1. The van der Waals surface area contributed by atoms with Crippen LogP contribution >= 0.6 is 8.19 Å². The summed E-state index contributed by atoms with van der Waals surface area (Å²) < 4.78 is 5.21. The van der Waals surface area contributed by atoms with Crippen LogP contribution in [0.4, 0.5) is 0 Å². The summed E-state index contributed by atoms with van der Waals surface area (Å²) in [6, 6.07) is 4.05. The van der Waals surface area contributed by atoms with E-state index in [0.29, 0.717) is 0 Å². The molecule has 44 valence electrons. The molecule has 0 amide bonds. The normalized spacial score (nSPS) is 10.1. The Balaban J connectivity index is 2.50. The van der Waals surface area contributed by atoms with Gasteiger partial charge < -0.3 is 4.74 Å². The molecule has 0 saturated carbocycles. The van der Waals surface area contributed by atoms with Gasteiger partial charge in [-0.3, -0.25) is 0 Å². The monoisotopic (exact) mass is 128 g/mol. The van der Waals surface area contributed by atoms with Gasteiger partial charge in [-0.1, -0.05) is 14.3 Å². The van der Waals surface area contributed by atoms with Gasteiger partial charge in [0.15, 0.2) is 0 Å². The summed E-state index contributed by atoms with van der Waals surface area (Å²) in [5.41, 5.74) is 1.12. The molecule has 0 aliphatic heterocycles. The van der Waals surface area contributed by atoms with Crippen molar-refractivity contribution in [2.24, 2.45) is 0 Å². The van der Waals surface area contributed by atoms with Crippen molar-refractivity contribution in [3.8, 4) is 5.48 Å². The third-order valence-electron chi connectivity index (χ3n) is 0.869. The van der Waals surface area contributed by atoms with Crippen molar-refractivity contribution in [2.45, 2.75) is 6.92 Å². The Labute approximate surface area is 50.8 Å². The van der Waals surface area contributed by atoms with Crippen molar-refractivity contribution in [3.05, 3.63) is 17.9 Å². The van der Waals surface area contributed by atoms with Crippen LogP contribution in [-0.2, 0) is 0 Å². The van der Waals surface area contributed by atoms with E-state index in [2.05, 4.69) is 5.80 Å². The van der Waals surface area contributed by atoms with Crippen molar-refractivity contribution in [1.29, 1.82) is 0 Å². The molecule has 0 spiro atoms. The van der Waals surface area contributed by atoms with Crippen LogP contribution < -0.4 is 4.74 Å². The molecular weight excluding hydrogens is 119 g/mol. The first kappa shape index (κ1) is 5.71. The van der Waals surface area contributed by atoms with Crippen molar-refractivity contribution < 1.29 is 4.74 Å². The molecule has 8 heavy (non-hydrogen) atoms. The van der Waals surface area contributed by atoms with Crippen LogP contribution in [0.2, 0.25) is 0 Å². The third-order valence-corrected chi connectivity index (χ3v) is 1.82. The predicted molar refractivity (Wildman–Crippen MR) is 37.1 cm³/mol. The highest BCUT2D eigenvalue weighted by Gasteiger charge is 1.85. The average molecular weight is 128 g/mol. The van der Waals surface area contributed by atoms with Gasteiger partial charge in [0.2, 0.25) is 0 Å². The molecule has 0 fully saturated rings. The summed E-state index contributed by atoms with van der Waals surface area (Å²) in [7, 11) is 0.765. The van der Waals surface area contributed by atoms with Crippen LogP contribution in [0.25, 0.3) is 0 Å². The number of ether oxygens (including phenoxy) is 1. The summed E-state index contributed by atoms with van der Waals surface area (Å²) in [6.45, 7) is 2.80. The highest BCUT2D eigenvalue weighted by atomic mass is 31.0. The van der Waals surface area contributed by atoms with Crippen LogP contribution in [0.15, 0.2) is 17.9 Å². The molecule has 0 aromatic carbocycles. The van der Waals surface area contributed by atoms with E-state index >= 15 is 0 Å². The van der Waals surface area contributed by atoms with E-state index in [1.54, 1.807) is 0 Å². The zero-order chi connectivity index (χ0) is 5.82. The van der Waals surface area contributed by atoms with Crippen molar-refractivity contribution in [1.82, 2.24) is 0 Å². The van der Waals surface area contributed by atoms with Gasteiger partial charge in [-0.15, -0.1) is 0 Å². The molecule has 0 saturated heterocycles. The maximum Gasteiger partial charge on any atom is 0.134 e. The van der Waals surface area contributed by atoms with Gasteiger partial charge in [-0.05, 0) is 18.8 Å². The molecule has 1 heterocycles. The Morgan fingerprint density at radius 2 is 2.62 bits per heavy atom. The second-order valence-corrected chi connectivity index (χ2v) is 2.58. The fourth-order valence-corrected chi connectivity index (χ4v) is 1.34. The lowest BCUT2D eigenvalue weighted by Gasteiger charge is -1.94. The first-order valence-electron chi connectivity index (χ1n) is 2.69. The Bertz CT molecular complexity index is 134. The second-order valence-electron chi connectivity index (χ2n) is 1.47. The van der Waals surface area contributed by atoms with Gasteiger partial charge in [0.1, 0.15) is 5.48 Å². The zero-order valence-electron chi connectivity index (χ0n) is 4.85. The summed E-state index contributed by atoms with van der Waals surface area (Å²) in [5, 5.41) is 0. The summed E-state index contributed by atoms with van der Waals surface area (Å²) >= 11 is 0. The van der Waals surface area contributed by atoms with E-state index < -0.39 is 0 Å². The maximum atomic E-state index is 5.21. The Morgan fingerprint density at radius 3 is 3.12 bits per heavy atom. The highest BCUT2D eigenvalue weighted by molar-refractivity contribution is 7.31. The SMILES string of the molecule is CCOc1ccc[pH]1. The molecule has 1 rings (SSSR count). The molecule has 2 heteroatoms. The minimum Gasteiger partial charge on any atom is -0.490 e. The lowest BCUT2D eigenvalue weighted by atomic mass is 10.6. The van der Waals surface area contributed by atoms with Gasteiger partial charge in [0.05, 0.1) is 6.61 Å². The molecule has 1 nitrogen and oxygen atoms in total. The van der Waals surface area contributed by atoms with Gasteiger partial charge in [0.25, 0.3) is 0 Å². The molecular formula is C6H9OP. The van der Waals surface area contributed by atoms with Crippen LogP contribution in [0.3, 0.4) is 0 Å². The number of hydrogen-bond donors (Lipinski definition) is 0. The van der Waals surface area contributed by atoms with E-state index in [0.717, 1.165) is 20.3 Å². The quantitative estimate of drug-likeness (QED) is 0.592. The predicted octanol–water partition coefficient (Wildman–Crippen LogP) is 2.12. The van der Waals surface area contributed by atoms with E-state index in [9.17, 15) is 0 Å². The molecule has 1 unspecified atom stereocenters. The Hall–Kier alpha value is -0.420. The molecule has 0 N–H and O–H groups in total. The molecule has 1 aromatic heterocycles. The van der Waals surface area contributed by atoms with Crippen molar-refractivity contribution >= 4 is 8.19 Å². The highest BCUT2D eigenvalue weighted by Crippen LogP contribution is 2.23. The molecule has 0 aliphatic rings. The summed E-state index contributed by atoms with van der Waals surface area (Å²) in [6.07, 6.45) is 0. The van der Waals surface area contributed by atoms with E-state index in [-0.39, 0.29) is 0 Å². The summed E-state index contributed by atoms with van der Waals surface area (Å²) in [5.74, 6) is 2.12. The molecule has 0 aliphatic carbocycles. The second kappa shape index (κ2) is 2.78. The smallest absolute Gasteiger partial charge is 0.134 e. The van der Waals surface area contributed by atoms with Crippen LogP contribution in [0.5, 0.6) is 5.48 Å². The maximum absolute atomic E-state index is 5.21. The first-order chi connectivity index (χ1) is 3.93. The fourth-order valence-electron chi connectivity index (χ4n) is 0.559. The van der Waals surface area contributed by atoms with Crippen molar-refractivity contribution in [2.75, 3.05) is 6.61 Å². The molecule has 1 atom stereocenters. The van der Waals surface area contributed by atoms with Gasteiger partial charge in [0, 0.05) is 0 Å². The van der Waals surface area contributed by atoms with E-state index in [1.807, 2.05) is 19.1 Å². The fraction of sp³-hybridized carbons (Fsp3) is 0.333. The molecule has 1 aromatic rings. The van der Waals surface area contributed by atoms with E-state index in [1.165, 1.54) is 0 Å². The lowest BCUT2D eigenvalue weighted by molar-refractivity contribution is 0.350. The lowest BCUT2D eigenvalue weighted by Crippen LogP contribution is -1.86. The summed E-state index contributed by atoms with van der Waals surface area (Å²) in [4.78, 5) is 0. The first-order valence-corrected chi connectivity index (χ1v) is 3.77. The molecule has 0 radical (unpaired) electrons. The van der Waals surface area contributed by atoms with Gasteiger partial charge >= 0.3 is 0 Å². The Kier molecular flexibility index (Phi) is 1.99. The average Bonchev–Trinajstić information content (AvgIpc) is 2.19. The minimum atomic E-state index is 0.765. The van der Waals surface area contributed by atoms with Crippen molar-refractivity contribution in [3.63, 3.8) is 0 Å². The third kappa shape index (κ3) is 1.28. The Morgan fingerprint density at radius 1 is 1.75 bits per heavy atom. The minimum absolute atomic E-state index is 0.765. The topological polar surface area (TPSA) is 9.23 Å². The van der Waals surface area contributed by atoms with Crippen LogP contribution in [0, 0.1) is 0 Å². The molecule has 0 bridgehead atoms. The van der Waals surface area contributed by atoms with Gasteiger partial charge in [-0.25, -0.2) is 0 Å². The van der Waals surface area contributed by atoms with Gasteiger partial charge in [-0.2, -0.15) is 0 Å². The number of rotatable bonds is 2. The standard InChI is InChI=1S/C6H9OP/c1-2-7-6-4-3-5-8-6/h3-5,8H,2H2,1H3.